The molecule has 20 heavy (non-hydrogen) atoms. The Labute approximate surface area is 126 Å². The third kappa shape index (κ3) is 11.3. The molecule has 0 bridgehead atoms. The molecule has 120 valence electrons. The van der Waals surface area contributed by atoms with E-state index in [0.29, 0.717) is 5.91 Å². The number of hydrogen-bond donors (Lipinski definition) is 1. The summed E-state index contributed by atoms with van der Waals surface area (Å²) in [6.07, 6.45) is 12.8. The van der Waals surface area contributed by atoms with Gasteiger partial charge in [0.2, 0.25) is 5.91 Å². The molecule has 3 nitrogen and oxygen atoms in total. The van der Waals surface area contributed by atoms with E-state index in [4.69, 9.17) is 5.73 Å². The van der Waals surface area contributed by atoms with E-state index >= 15 is 0 Å². The van der Waals surface area contributed by atoms with Gasteiger partial charge in [-0.3, -0.25) is 4.79 Å². The molecule has 0 rings (SSSR count). The van der Waals surface area contributed by atoms with Crippen LogP contribution in [0.1, 0.15) is 84.5 Å². The average Bonchev–Trinajstić information content (AvgIpc) is 2.45. The van der Waals surface area contributed by atoms with Crippen molar-refractivity contribution in [2.45, 2.75) is 84.5 Å². The van der Waals surface area contributed by atoms with Crippen LogP contribution in [0.3, 0.4) is 0 Å². The molecule has 0 unspecified atom stereocenters. The molecular weight excluding hydrogens is 248 g/mol. The highest BCUT2D eigenvalue weighted by Gasteiger charge is 2.10. The molecule has 0 aromatic carbocycles. The molecule has 0 radical (unpaired) electrons. The third-order valence-corrected chi connectivity index (χ3v) is 3.68. The van der Waals surface area contributed by atoms with E-state index < -0.39 is 0 Å². The topological polar surface area (TPSA) is 46.3 Å². The summed E-state index contributed by atoms with van der Waals surface area (Å²) in [5.74, 6) is 0.358. The van der Waals surface area contributed by atoms with E-state index in [0.717, 1.165) is 45.3 Å². The molecule has 0 aliphatic carbocycles. The highest BCUT2D eigenvalue weighted by atomic mass is 16.2. The van der Waals surface area contributed by atoms with Gasteiger partial charge in [-0.05, 0) is 32.2 Å². The number of hydrogen-bond acceptors (Lipinski definition) is 2. The van der Waals surface area contributed by atoms with Crippen molar-refractivity contribution in [3.8, 4) is 0 Å². The van der Waals surface area contributed by atoms with Gasteiger partial charge in [-0.2, -0.15) is 0 Å². The fraction of sp³-hybridized carbons (Fsp3) is 0.941. The summed E-state index contributed by atoms with van der Waals surface area (Å²) in [6, 6.07) is 0. The fourth-order valence-electron chi connectivity index (χ4n) is 2.54. The SMILES string of the molecule is CCCN(CCC)C(=O)CCCCCCCCCCN. The second-order valence-electron chi connectivity index (χ2n) is 5.75. The van der Waals surface area contributed by atoms with Crippen LogP contribution in [0, 0.1) is 0 Å². The van der Waals surface area contributed by atoms with Crippen LogP contribution < -0.4 is 5.73 Å². The lowest BCUT2D eigenvalue weighted by Crippen LogP contribution is -2.32. The van der Waals surface area contributed by atoms with Crippen LogP contribution >= 0.6 is 0 Å². The number of carbonyl (C=O) groups is 1. The zero-order chi connectivity index (χ0) is 15.1. The van der Waals surface area contributed by atoms with Crippen LogP contribution in [0.2, 0.25) is 0 Å². The Morgan fingerprint density at radius 2 is 1.25 bits per heavy atom. The summed E-state index contributed by atoms with van der Waals surface area (Å²) >= 11 is 0. The molecule has 0 aliphatic heterocycles. The van der Waals surface area contributed by atoms with Crippen molar-refractivity contribution in [1.29, 1.82) is 0 Å². The Kier molecular flexibility index (Phi) is 14.4. The molecule has 2 N–H and O–H groups in total. The molecule has 0 heterocycles. The van der Waals surface area contributed by atoms with Gasteiger partial charge in [0.15, 0.2) is 0 Å². The molecule has 0 saturated carbocycles. The summed E-state index contributed by atoms with van der Waals surface area (Å²) < 4.78 is 0. The highest BCUT2D eigenvalue weighted by Crippen LogP contribution is 2.10. The van der Waals surface area contributed by atoms with Gasteiger partial charge >= 0.3 is 0 Å². The Balaban J connectivity index is 3.45. The van der Waals surface area contributed by atoms with Crippen molar-refractivity contribution >= 4 is 5.91 Å². The molecule has 0 fully saturated rings. The van der Waals surface area contributed by atoms with Crippen molar-refractivity contribution in [3.05, 3.63) is 0 Å². The molecule has 0 aromatic rings. The summed E-state index contributed by atoms with van der Waals surface area (Å²) in [7, 11) is 0. The standard InChI is InChI=1S/C17H36N2O/c1-3-15-19(16-4-2)17(20)13-11-9-7-5-6-8-10-12-14-18/h3-16,18H2,1-2H3. The Morgan fingerprint density at radius 3 is 1.70 bits per heavy atom. The van der Waals surface area contributed by atoms with Gasteiger partial charge in [0.05, 0.1) is 0 Å². The second-order valence-corrected chi connectivity index (χ2v) is 5.75. The van der Waals surface area contributed by atoms with Crippen LogP contribution in [0.15, 0.2) is 0 Å². The van der Waals surface area contributed by atoms with Crippen molar-refractivity contribution in [2.24, 2.45) is 5.73 Å². The zero-order valence-electron chi connectivity index (χ0n) is 13.8. The summed E-state index contributed by atoms with van der Waals surface area (Å²) in [6.45, 7) is 6.96. The van der Waals surface area contributed by atoms with Gasteiger partial charge in [0.25, 0.3) is 0 Å². The average molecular weight is 284 g/mol. The van der Waals surface area contributed by atoms with E-state index in [1.165, 1.54) is 44.9 Å². The van der Waals surface area contributed by atoms with Crippen LogP contribution in [0.5, 0.6) is 0 Å². The van der Waals surface area contributed by atoms with Crippen molar-refractivity contribution in [3.63, 3.8) is 0 Å². The van der Waals surface area contributed by atoms with E-state index in [1.54, 1.807) is 0 Å². The molecule has 1 amide bonds. The van der Waals surface area contributed by atoms with Crippen LogP contribution in [0.25, 0.3) is 0 Å². The Bertz CT molecular complexity index is 213. The van der Waals surface area contributed by atoms with Gasteiger partial charge in [-0.15, -0.1) is 0 Å². The largest absolute Gasteiger partial charge is 0.343 e. The molecule has 0 spiro atoms. The van der Waals surface area contributed by atoms with Gasteiger partial charge < -0.3 is 10.6 Å². The Hall–Kier alpha value is -0.570. The van der Waals surface area contributed by atoms with Gasteiger partial charge in [-0.1, -0.05) is 52.4 Å². The number of amides is 1. The van der Waals surface area contributed by atoms with Crippen LogP contribution in [0.4, 0.5) is 0 Å². The maximum absolute atomic E-state index is 12.0. The second kappa shape index (κ2) is 14.8. The number of rotatable bonds is 14. The molecule has 0 saturated heterocycles. The number of carbonyl (C=O) groups excluding carboxylic acids is 1. The molecule has 0 aromatic heterocycles. The zero-order valence-corrected chi connectivity index (χ0v) is 13.8. The lowest BCUT2D eigenvalue weighted by atomic mass is 10.1. The van der Waals surface area contributed by atoms with Crippen LogP contribution in [-0.4, -0.2) is 30.4 Å². The van der Waals surface area contributed by atoms with E-state index in [9.17, 15) is 4.79 Å². The van der Waals surface area contributed by atoms with Crippen molar-refractivity contribution in [2.75, 3.05) is 19.6 Å². The first-order valence-electron chi connectivity index (χ1n) is 8.74. The molecule has 3 heteroatoms. The number of nitrogens with two attached hydrogens (primary N) is 1. The summed E-state index contributed by atoms with van der Waals surface area (Å²) in [5, 5.41) is 0. The molecule has 0 aliphatic rings. The van der Waals surface area contributed by atoms with E-state index in [2.05, 4.69) is 13.8 Å². The van der Waals surface area contributed by atoms with E-state index in [1.807, 2.05) is 4.90 Å². The minimum absolute atomic E-state index is 0.358. The molecule has 0 atom stereocenters. The normalized spacial score (nSPS) is 10.8. The predicted molar refractivity (Wildman–Crippen MR) is 87.8 cm³/mol. The third-order valence-electron chi connectivity index (χ3n) is 3.68. The number of nitrogens with zero attached hydrogens (tertiary/aromatic N) is 1. The maximum Gasteiger partial charge on any atom is 0.222 e. The quantitative estimate of drug-likeness (QED) is 0.488. The minimum Gasteiger partial charge on any atom is -0.343 e. The van der Waals surface area contributed by atoms with Gasteiger partial charge in [0, 0.05) is 19.5 Å². The predicted octanol–water partition coefficient (Wildman–Crippen LogP) is 4.10. The Morgan fingerprint density at radius 1 is 0.800 bits per heavy atom. The fourth-order valence-corrected chi connectivity index (χ4v) is 2.54. The van der Waals surface area contributed by atoms with Crippen molar-refractivity contribution < 1.29 is 4.79 Å². The first-order chi connectivity index (χ1) is 9.76. The van der Waals surface area contributed by atoms with E-state index in [-0.39, 0.29) is 0 Å². The molecular formula is C17H36N2O. The smallest absolute Gasteiger partial charge is 0.222 e. The first kappa shape index (κ1) is 19.4. The van der Waals surface area contributed by atoms with Gasteiger partial charge in [-0.25, -0.2) is 0 Å². The maximum atomic E-state index is 12.0. The monoisotopic (exact) mass is 284 g/mol. The van der Waals surface area contributed by atoms with Gasteiger partial charge in [0.1, 0.15) is 0 Å². The van der Waals surface area contributed by atoms with Crippen molar-refractivity contribution in [1.82, 2.24) is 4.90 Å². The highest BCUT2D eigenvalue weighted by molar-refractivity contribution is 5.76. The lowest BCUT2D eigenvalue weighted by molar-refractivity contribution is -0.131. The first-order valence-corrected chi connectivity index (χ1v) is 8.74. The number of unbranched alkanes of at least 4 members (excludes halogenated alkanes) is 7. The minimum atomic E-state index is 0.358. The summed E-state index contributed by atoms with van der Waals surface area (Å²) in [5.41, 5.74) is 5.47. The lowest BCUT2D eigenvalue weighted by Gasteiger charge is -2.21. The van der Waals surface area contributed by atoms with Crippen LogP contribution in [-0.2, 0) is 4.79 Å². The summed E-state index contributed by atoms with van der Waals surface area (Å²) in [4.78, 5) is 14.1.